The summed E-state index contributed by atoms with van der Waals surface area (Å²) in [5.41, 5.74) is 4.17. The normalized spacial score (nSPS) is 12.9. The number of halogens is 1. The Morgan fingerprint density at radius 3 is 2.89 bits per heavy atom. The lowest BCUT2D eigenvalue weighted by molar-refractivity contribution is 0.102. The van der Waals surface area contributed by atoms with Crippen LogP contribution in [0.4, 0.5) is 10.1 Å². The van der Waals surface area contributed by atoms with Gasteiger partial charge in [0.1, 0.15) is 12.1 Å². The minimum absolute atomic E-state index is 0.213. The fraction of sp³-hybridized carbons (Fsp3) is 0.100. The summed E-state index contributed by atoms with van der Waals surface area (Å²) in [6, 6.07) is 9.79. The van der Waals surface area contributed by atoms with Gasteiger partial charge in [-0.25, -0.2) is 13.9 Å². The molecule has 2 aromatic heterocycles. The van der Waals surface area contributed by atoms with E-state index in [9.17, 15) is 9.18 Å². The Kier molecular flexibility index (Phi) is 3.84. The molecule has 4 aromatic rings. The van der Waals surface area contributed by atoms with Crippen LogP contribution in [0.3, 0.4) is 0 Å². The molecule has 138 valence electrons. The molecular weight excluding hydrogens is 361 g/mol. The van der Waals surface area contributed by atoms with Crippen LogP contribution in [0.1, 0.15) is 21.5 Å². The standard InChI is InChI=1S/C20H14FN5O2/c21-17-4-13(16-7-22-20-23-11-24-26(20)8-16)3-14(5-17)19(27)25-18-2-1-12-9-28-10-15(12)6-18/h1-8,11H,9-10H2,(H,25,27). The summed E-state index contributed by atoms with van der Waals surface area (Å²) in [6.07, 6.45) is 4.64. The Balaban J connectivity index is 1.45. The highest BCUT2D eigenvalue weighted by Gasteiger charge is 2.14. The highest BCUT2D eigenvalue weighted by molar-refractivity contribution is 6.05. The fourth-order valence-electron chi connectivity index (χ4n) is 3.21. The second-order valence-electron chi connectivity index (χ2n) is 6.51. The molecule has 0 fully saturated rings. The number of hydrogen-bond acceptors (Lipinski definition) is 5. The van der Waals surface area contributed by atoms with Gasteiger partial charge in [-0.05, 0) is 47.0 Å². The van der Waals surface area contributed by atoms with Crippen molar-refractivity contribution in [3.8, 4) is 11.1 Å². The zero-order valence-electron chi connectivity index (χ0n) is 14.6. The number of nitrogens with zero attached hydrogens (tertiary/aromatic N) is 4. The van der Waals surface area contributed by atoms with E-state index in [4.69, 9.17) is 4.74 Å². The van der Waals surface area contributed by atoms with Gasteiger partial charge in [0, 0.05) is 29.2 Å². The van der Waals surface area contributed by atoms with Crippen LogP contribution >= 0.6 is 0 Å². The first-order valence-corrected chi connectivity index (χ1v) is 8.63. The number of carbonyl (C=O) groups excluding carboxylic acids is 1. The van der Waals surface area contributed by atoms with Crippen molar-refractivity contribution in [2.45, 2.75) is 13.2 Å². The van der Waals surface area contributed by atoms with Crippen molar-refractivity contribution in [3.63, 3.8) is 0 Å². The largest absolute Gasteiger partial charge is 0.372 e. The van der Waals surface area contributed by atoms with E-state index in [1.807, 2.05) is 18.2 Å². The summed E-state index contributed by atoms with van der Waals surface area (Å²) < 4.78 is 21.1. The van der Waals surface area contributed by atoms with Gasteiger partial charge in [-0.3, -0.25) is 4.79 Å². The lowest BCUT2D eigenvalue weighted by Gasteiger charge is -2.09. The highest BCUT2D eigenvalue weighted by Crippen LogP contribution is 2.25. The molecule has 1 amide bonds. The SMILES string of the molecule is O=C(Nc1ccc2c(c1)COC2)c1cc(F)cc(-c2cnc3ncnn3c2)c1. The van der Waals surface area contributed by atoms with Crippen LogP contribution in [0.2, 0.25) is 0 Å². The summed E-state index contributed by atoms with van der Waals surface area (Å²) in [5, 5.41) is 6.84. The first-order chi connectivity index (χ1) is 13.7. The Bertz CT molecular complexity index is 1220. The van der Waals surface area contributed by atoms with Gasteiger partial charge in [0.05, 0.1) is 13.2 Å². The monoisotopic (exact) mass is 375 g/mol. The fourth-order valence-corrected chi connectivity index (χ4v) is 3.21. The van der Waals surface area contributed by atoms with Crippen molar-refractivity contribution >= 4 is 17.4 Å². The van der Waals surface area contributed by atoms with Gasteiger partial charge < -0.3 is 10.1 Å². The average molecular weight is 375 g/mol. The van der Waals surface area contributed by atoms with Crippen LogP contribution in [-0.2, 0) is 18.0 Å². The van der Waals surface area contributed by atoms with E-state index >= 15 is 0 Å². The molecule has 0 atom stereocenters. The number of aromatic nitrogens is 4. The van der Waals surface area contributed by atoms with Crippen LogP contribution in [-0.4, -0.2) is 25.5 Å². The Morgan fingerprint density at radius 1 is 1.07 bits per heavy atom. The van der Waals surface area contributed by atoms with Gasteiger partial charge in [0.15, 0.2) is 0 Å². The summed E-state index contributed by atoms with van der Waals surface area (Å²) in [7, 11) is 0. The number of rotatable bonds is 3. The first kappa shape index (κ1) is 16.5. The molecule has 7 nitrogen and oxygen atoms in total. The molecule has 3 heterocycles. The third-order valence-corrected chi connectivity index (χ3v) is 4.61. The van der Waals surface area contributed by atoms with E-state index in [1.54, 1.807) is 18.5 Å². The quantitative estimate of drug-likeness (QED) is 0.595. The lowest BCUT2D eigenvalue weighted by Crippen LogP contribution is -2.12. The van der Waals surface area contributed by atoms with E-state index in [1.165, 1.54) is 23.0 Å². The van der Waals surface area contributed by atoms with Crippen molar-refractivity contribution in [2.75, 3.05) is 5.32 Å². The van der Waals surface area contributed by atoms with Gasteiger partial charge in [-0.1, -0.05) is 6.07 Å². The van der Waals surface area contributed by atoms with E-state index in [2.05, 4.69) is 20.4 Å². The predicted molar refractivity (Wildman–Crippen MR) is 99.1 cm³/mol. The number of amides is 1. The molecule has 0 unspecified atom stereocenters. The second kappa shape index (κ2) is 6.50. The zero-order chi connectivity index (χ0) is 19.1. The maximum Gasteiger partial charge on any atom is 0.255 e. The molecule has 1 N–H and O–H groups in total. The molecule has 0 bridgehead atoms. The molecule has 28 heavy (non-hydrogen) atoms. The maximum absolute atomic E-state index is 14.2. The number of anilines is 1. The molecule has 0 saturated carbocycles. The van der Waals surface area contributed by atoms with E-state index in [0.717, 1.165) is 11.1 Å². The minimum Gasteiger partial charge on any atom is -0.372 e. The third-order valence-electron chi connectivity index (χ3n) is 4.61. The molecule has 5 rings (SSSR count). The highest BCUT2D eigenvalue weighted by atomic mass is 19.1. The molecule has 0 saturated heterocycles. The molecule has 8 heteroatoms. The van der Waals surface area contributed by atoms with Crippen LogP contribution in [0.5, 0.6) is 0 Å². The van der Waals surface area contributed by atoms with Gasteiger partial charge in [-0.15, -0.1) is 0 Å². The number of carbonyl (C=O) groups is 1. The van der Waals surface area contributed by atoms with E-state index in [-0.39, 0.29) is 5.56 Å². The summed E-state index contributed by atoms with van der Waals surface area (Å²) in [5.74, 6) is -0.461. The van der Waals surface area contributed by atoms with Gasteiger partial charge >= 0.3 is 0 Å². The van der Waals surface area contributed by atoms with Gasteiger partial charge in [0.25, 0.3) is 11.7 Å². The van der Waals surface area contributed by atoms with Crippen molar-refractivity contribution in [3.05, 3.63) is 77.6 Å². The predicted octanol–water partition coefficient (Wildman–Crippen LogP) is 3.21. The van der Waals surface area contributed by atoms with Crippen molar-refractivity contribution < 1.29 is 13.9 Å². The Morgan fingerprint density at radius 2 is 1.96 bits per heavy atom. The van der Waals surface area contributed by atoms with Crippen molar-refractivity contribution in [2.24, 2.45) is 0 Å². The van der Waals surface area contributed by atoms with Crippen LogP contribution < -0.4 is 5.32 Å². The molecule has 1 aliphatic heterocycles. The van der Waals surface area contributed by atoms with Gasteiger partial charge in [-0.2, -0.15) is 10.1 Å². The van der Waals surface area contributed by atoms with Crippen molar-refractivity contribution in [1.82, 2.24) is 19.6 Å². The molecule has 2 aromatic carbocycles. The number of fused-ring (bicyclic) bond motifs is 2. The summed E-state index contributed by atoms with van der Waals surface area (Å²) in [6.45, 7) is 1.11. The Labute approximate surface area is 158 Å². The number of hydrogen-bond donors (Lipinski definition) is 1. The number of benzene rings is 2. The smallest absolute Gasteiger partial charge is 0.255 e. The summed E-state index contributed by atoms with van der Waals surface area (Å²) >= 11 is 0. The van der Waals surface area contributed by atoms with E-state index < -0.39 is 11.7 Å². The molecule has 0 spiro atoms. The summed E-state index contributed by atoms with van der Waals surface area (Å²) in [4.78, 5) is 20.8. The molecule has 0 radical (unpaired) electrons. The topological polar surface area (TPSA) is 81.4 Å². The average Bonchev–Trinajstić information content (AvgIpc) is 3.35. The molecule has 0 aliphatic carbocycles. The molecule has 1 aliphatic rings. The number of nitrogens with one attached hydrogen (secondary N) is 1. The van der Waals surface area contributed by atoms with Gasteiger partial charge in [0.2, 0.25) is 0 Å². The van der Waals surface area contributed by atoms with Crippen molar-refractivity contribution in [1.29, 1.82) is 0 Å². The second-order valence-corrected chi connectivity index (χ2v) is 6.51. The first-order valence-electron chi connectivity index (χ1n) is 8.63. The minimum atomic E-state index is -0.510. The van der Waals surface area contributed by atoms with Crippen LogP contribution in [0, 0.1) is 5.82 Å². The number of ether oxygens (including phenoxy) is 1. The van der Waals surface area contributed by atoms with E-state index in [0.29, 0.717) is 35.8 Å². The molecular formula is C20H14FN5O2. The third kappa shape index (κ3) is 2.99. The van der Waals surface area contributed by atoms with Crippen LogP contribution in [0.15, 0.2) is 55.1 Å². The zero-order valence-corrected chi connectivity index (χ0v) is 14.6. The Hall–Kier alpha value is -3.65. The maximum atomic E-state index is 14.2. The van der Waals surface area contributed by atoms with Crippen LogP contribution in [0.25, 0.3) is 16.9 Å². The lowest BCUT2D eigenvalue weighted by atomic mass is 10.0.